The molecule has 18 heavy (non-hydrogen) atoms. The Labute approximate surface area is 110 Å². The molecule has 1 unspecified atom stereocenters. The van der Waals surface area contributed by atoms with E-state index in [1.165, 1.54) is 31.2 Å². The van der Waals surface area contributed by atoms with E-state index in [0.29, 0.717) is 11.5 Å². The molecule has 1 saturated heterocycles. The maximum Gasteiger partial charge on any atom is 0.0554 e. The van der Waals surface area contributed by atoms with Crippen molar-refractivity contribution >= 4 is 0 Å². The molecule has 1 aromatic carbocycles. The van der Waals surface area contributed by atoms with E-state index in [1.807, 2.05) is 0 Å². The Bertz CT molecular complexity index is 411. The van der Waals surface area contributed by atoms with Gasteiger partial charge in [-0.15, -0.1) is 0 Å². The Hall–Kier alpha value is -0.860. The van der Waals surface area contributed by atoms with E-state index in [0.717, 1.165) is 19.8 Å². The molecule has 0 aromatic heterocycles. The van der Waals surface area contributed by atoms with Crippen molar-refractivity contribution in [2.75, 3.05) is 19.8 Å². The van der Waals surface area contributed by atoms with Gasteiger partial charge in [-0.1, -0.05) is 37.6 Å². The van der Waals surface area contributed by atoms with Crippen molar-refractivity contribution in [3.8, 4) is 0 Å². The van der Waals surface area contributed by atoms with Crippen LogP contribution in [0.5, 0.6) is 0 Å². The van der Waals surface area contributed by atoms with E-state index < -0.39 is 0 Å². The zero-order valence-corrected chi connectivity index (χ0v) is 11.2. The van der Waals surface area contributed by atoms with Gasteiger partial charge in [-0.3, -0.25) is 0 Å². The van der Waals surface area contributed by atoms with E-state index >= 15 is 0 Å². The summed E-state index contributed by atoms with van der Waals surface area (Å²) in [7, 11) is 0. The van der Waals surface area contributed by atoms with Crippen LogP contribution in [-0.4, -0.2) is 19.8 Å². The number of nitrogens with one attached hydrogen (secondary N) is 1. The predicted octanol–water partition coefficient (Wildman–Crippen LogP) is 3.08. The first-order chi connectivity index (χ1) is 8.77. The van der Waals surface area contributed by atoms with Crippen LogP contribution in [-0.2, 0) is 11.2 Å². The van der Waals surface area contributed by atoms with E-state index in [4.69, 9.17) is 4.74 Å². The summed E-state index contributed by atoms with van der Waals surface area (Å²) >= 11 is 0. The minimum atomic E-state index is 0.362. The maximum atomic E-state index is 5.33. The Morgan fingerprint density at radius 2 is 2.11 bits per heavy atom. The molecule has 1 atom stereocenters. The van der Waals surface area contributed by atoms with Crippen molar-refractivity contribution in [2.24, 2.45) is 5.41 Å². The molecule has 1 N–H and O–H groups in total. The zero-order valence-electron chi connectivity index (χ0n) is 11.2. The molecule has 0 saturated carbocycles. The van der Waals surface area contributed by atoms with Crippen LogP contribution in [0.2, 0.25) is 0 Å². The summed E-state index contributed by atoms with van der Waals surface area (Å²) in [6.45, 7) is 5.21. The molecule has 1 aliphatic heterocycles. The summed E-state index contributed by atoms with van der Waals surface area (Å²) in [6, 6.07) is 9.48. The van der Waals surface area contributed by atoms with E-state index in [1.54, 1.807) is 5.56 Å². The molecular formula is C16H23NO. The summed E-state index contributed by atoms with van der Waals surface area (Å²) in [6.07, 6.45) is 5.18. The number of hydrogen-bond acceptors (Lipinski definition) is 2. The third kappa shape index (κ3) is 2.45. The van der Waals surface area contributed by atoms with Crippen molar-refractivity contribution in [1.29, 1.82) is 0 Å². The molecule has 1 aliphatic carbocycles. The second kappa shape index (κ2) is 5.02. The molecule has 0 amide bonds. The normalized spacial score (nSPS) is 25.9. The molecule has 0 bridgehead atoms. The van der Waals surface area contributed by atoms with Crippen LogP contribution in [0.1, 0.15) is 43.4 Å². The maximum absolute atomic E-state index is 5.33. The average molecular weight is 245 g/mol. The minimum Gasteiger partial charge on any atom is -0.380 e. The van der Waals surface area contributed by atoms with Crippen LogP contribution in [0, 0.1) is 5.41 Å². The highest BCUT2D eigenvalue weighted by molar-refractivity contribution is 5.31. The molecule has 1 aromatic rings. The third-order valence-electron chi connectivity index (χ3n) is 4.30. The molecule has 98 valence electrons. The third-order valence-corrected chi connectivity index (χ3v) is 4.30. The van der Waals surface area contributed by atoms with Crippen LogP contribution in [0.3, 0.4) is 0 Å². The van der Waals surface area contributed by atoms with Crippen LogP contribution < -0.4 is 5.32 Å². The van der Waals surface area contributed by atoms with Crippen molar-refractivity contribution in [1.82, 2.24) is 5.32 Å². The molecule has 3 rings (SSSR count). The second-order valence-electron chi connectivity index (χ2n) is 6.18. The van der Waals surface area contributed by atoms with Gasteiger partial charge in [-0.25, -0.2) is 0 Å². The fourth-order valence-electron chi connectivity index (χ4n) is 3.06. The van der Waals surface area contributed by atoms with Crippen molar-refractivity contribution in [3.05, 3.63) is 35.4 Å². The number of hydrogen-bond donors (Lipinski definition) is 1. The topological polar surface area (TPSA) is 21.3 Å². The number of benzene rings is 1. The van der Waals surface area contributed by atoms with E-state index in [2.05, 4.69) is 36.5 Å². The summed E-state index contributed by atoms with van der Waals surface area (Å²) < 4.78 is 5.33. The fourth-order valence-corrected chi connectivity index (χ4v) is 3.06. The zero-order chi connectivity index (χ0) is 12.4. The van der Waals surface area contributed by atoms with Gasteiger partial charge in [0.2, 0.25) is 0 Å². The largest absolute Gasteiger partial charge is 0.380 e. The molecule has 2 aliphatic rings. The first-order valence-electron chi connectivity index (χ1n) is 7.16. The van der Waals surface area contributed by atoms with Crippen LogP contribution in [0.15, 0.2) is 24.3 Å². The van der Waals surface area contributed by atoms with E-state index in [-0.39, 0.29) is 0 Å². The molecule has 2 nitrogen and oxygen atoms in total. The summed E-state index contributed by atoms with van der Waals surface area (Å²) in [5, 5.41) is 3.78. The summed E-state index contributed by atoms with van der Waals surface area (Å²) in [5.74, 6) is 0. The first kappa shape index (κ1) is 12.2. The van der Waals surface area contributed by atoms with Gasteiger partial charge in [0.25, 0.3) is 0 Å². The average Bonchev–Trinajstić information content (AvgIpc) is 2.56. The SMILES string of the molecule is CC1(CNC2CCCCc3ccccc32)COC1. The van der Waals surface area contributed by atoms with Gasteiger partial charge in [-0.05, 0) is 30.4 Å². The molecular weight excluding hydrogens is 222 g/mol. The minimum absolute atomic E-state index is 0.362. The van der Waals surface area contributed by atoms with Gasteiger partial charge in [-0.2, -0.15) is 0 Å². The van der Waals surface area contributed by atoms with Gasteiger partial charge in [0, 0.05) is 18.0 Å². The van der Waals surface area contributed by atoms with Crippen LogP contribution in [0.25, 0.3) is 0 Å². The lowest BCUT2D eigenvalue weighted by molar-refractivity contribution is -0.100. The standard InChI is InChI=1S/C16H23NO/c1-16(11-18-12-16)10-17-15-9-5-3-7-13-6-2-4-8-14(13)15/h2,4,6,8,15,17H,3,5,7,9-12H2,1H3. The van der Waals surface area contributed by atoms with Gasteiger partial charge in [0.05, 0.1) is 13.2 Å². The Morgan fingerprint density at radius 3 is 2.89 bits per heavy atom. The van der Waals surface area contributed by atoms with Crippen LogP contribution in [0.4, 0.5) is 0 Å². The lowest BCUT2D eigenvalue weighted by Gasteiger charge is -2.39. The number of aryl methyl sites for hydroxylation is 1. The predicted molar refractivity (Wildman–Crippen MR) is 73.7 cm³/mol. The highest BCUT2D eigenvalue weighted by atomic mass is 16.5. The molecule has 0 radical (unpaired) electrons. The van der Waals surface area contributed by atoms with Crippen molar-refractivity contribution < 1.29 is 4.74 Å². The Kier molecular flexibility index (Phi) is 3.40. The fraction of sp³-hybridized carbons (Fsp3) is 0.625. The van der Waals surface area contributed by atoms with Gasteiger partial charge in [0.1, 0.15) is 0 Å². The van der Waals surface area contributed by atoms with Crippen molar-refractivity contribution in [3.63, 3.8) is 0 Å². The smallest absolute Gasteiger partial charge is 0.0554 e. The monoisotopic (exact) mass is 245 g/mol. The Balaban J connectivity index is 1.71. The quantitative estimate of drug-likeness (QED) is 0.826. The summed E-state index contributed by atoms with van der Waals surface area (Å²) in [5.41, 5.74) is 3.43. The highest BCUT2D eigenvalue weighted by Gasteiger charge is 2.33. The number of fused-ring (bicyclic) bond motifs is 1. The molecule has 2 heteroatoms. The van der Waals surface area contributed by atoms with Crippen molar-refractivity contribution in [2.45, 2.75) is 38.6 Å². The first-order valence-corrected chi connectivity index (χ1v) is 7.16. The number of rotatable bonds is 3. The van der Waals surface area contributed by atoms with Gasteiger partial charge in [0.15, 0.2) is 0 Å². The summed E-state index contributed by atoms with van der Waals surface area (Å²) in [4.78, 5) is 0. The lowest BCUT2D eigenvalue weighted by Crippen LogP contribution is -2.48. The second-order valence-corrected chi connectivity index (χ2v) is 6.18. The van der Waals surface area contributed by atoms with Crippen LogP contribution >= 0.6 is 0 Å². The number of ether oxygens (including phenoxy) is 1. The molecule has 0 spiro atoms. The van der Waals surface area contributed by atoms with E-state index in [9.17, 15) is 0 Å². The molecule has 1 heterocycles. The Morgan fingerprint density at radius 1 is 1.28 bits per heavy atom. The van der Waals surface area contributed by atoms with Gasteiger partial charge >= 0.3 is 0 Å². The molecule has 1 fully saturated rings. The van der Waals surface area contributed by atoms with Gasteiger partial charge < -0.3 is 10.1 Å². The lowest BCUT2D eigenvalue weighted by atomic mass is 9.88. The highest BCUT2D eigenvalue weighted by Crippen LogP contribution is 2.31.